The zero-order valence-corrected chi connectivity index (χ0v) is 13.2. The van der Waals surface area contributed by atoms with Crippen LogP contribution in [0.4, 0.5) is 0 Å². The van der Waals surface area contributed by atoms with Gasteiger partial charge in [-0.3, -0.25) is 4.79 Å². The molecule has 1 aromatic carbocycles. The summed E-state index contributed by atoms with van der Waals surface area (Å²) in [5.74, 6) is 0.448. The first-order valence-corrected chi connectivity index (χ1v) is 6.93. The van der Waals surface area contributed by atoms with Crippen LogP contribution in [-0.4, -0.2) is 47.8 Å². The van der Waals surface area contributed by atoms with Crippen molar-refractivity contribution in [3.05, 3.63) is 35.7 Å². The molecule has 1 N–H and O–H groups in total. The molecule has 7 heteroatoms. The van der Waals surface area contributed by atoms with Gasteiger partial charge in [0.1, 0.15) is 5.75 Å². The van der Waals surface area contributed by atoms with E-state index in [1.165, 1.54) is 0 Å². The highest BCUT2D eigenvalue weighted by molar-refractivity contribution is 5.93. The molecule has 7 nitrogen and oxygen atoms in total. The monoisotopic (exact) mass is 304 g/mol. The van der Waals surface area contributed by atoms with Crippen LogP contribution in [0.15, 0.2) is 24.3 Å². The lowest BCUT2D eigenvalue weighted by molar-refractivity contribution is 0.0900. The van der Waals surface area contributed by atoms with E-state index < -0.39 is 0 Å². The predicted molar refractivity (Wildman–Crippen MR) is 81.5 cm³/mol. The second-order valence-corrected chi connectivity index (χ2v) is 4.97. The molecule has 22 heavy (non-hydrogen) atoms. The van der Waals surface area contributed by atoms with E-state index in [0.29, 0.717) is 23.7 Å². The van der Waals surface area contributed by atoms with Gasteiger partial charge in [-0.05, 0) is 26.0 Å². The smallest absolute Gasteiger partial charge is 0.274 e. The Balaban J connectivity index is 2.23. The van der Waals surface area contributed by atoms with Crippen LogP contribution in [0.1, 0.15) is 23.1 Å². The topological polar surface area (TPSA) is 78.3 Å². The van der Waals surface area contributed by atoms with Crippen LogP contribution < -0.4 is 10.1 Å². The lowest BCUT2D eigenvalue weighted by Gasteiger charge is -2.11. The van der Waals surface area contributed by atoms with Crippen molar-refractivity contribution in [2.45, 2.75) is 19.9 Å². The molecule has 0 saturated heterocycles. The molecule has 0 bridgehead atoms. The fraction of sp³-hybridized carbons (Fsp3) is 0.400. The van der Waals surface area contributed by atoms with E-state index in [-0.39, 0.29) is 11.9 Å². The fourth-order valence-corrected chi connectivity index (χ4v) is 2.11. The molecule has 0 radical (unpaired) electrons. The number of hydrogen-bond acceptors (Lipinski definition) is 5. The maximum atomic E-state index is 12.2. The van der Waals surface area contributed by atoms with Crippen LogP contribution >= 0.6 is 0 Å². The molecular formula is C15H20N4O3. The number of methoxy groups -OCH3 is 2. The van der Waals surface area contributed by atoms with E-state index in [0.717, 1.165) is 5.69 Å². The third-order valence-corrected chi connectivity index (χ3v) is 3.20. The molecule has 1 heterocycles. The normalized spacial score (nSPS) is 12.0. The van der Waals surface area contributed by atoms with E-state index >= 15 is 0 Å². The standard InChI is InChI=1S/C15H20N4O3/c1-10(9-21-3)16-15(20)14-11(2)19(18-17-14)12-6-5-7-13(8-12)22-4/h5-8,10H,9H2,1-4H3,(H,16,20). The maximum Gasteiger partial charge on any atom is 0.274 e. The Morgan fingerprint density at radius 2 is 2.18 bits per heavy atom. The summed E-state index contributed by atoms with van der Waals surface area (Å²) in [4.78, 5) is 12.2. The van der Waals surface area contributed by atoms with Gasteiger partial charge in [0.2, 0.25) is 0 Å². The number of benzene rings is 1. The lowest BCUT2D eigenvalue weighted by Crippen LogP contribution is -2.36. The van der Waals surface area contributed by atoms with Gasteiger partial charge in [0.05, 0.1) is 25.1 Å². The van der Waals surface area contributed by atoms with Crippen molar-refractivity contribution in [3.8, 4) is 11.4 Å². The summed E-state index contributed by atoms with van der Waals surface area (Å²) in [6.07, 6.45) is 0. The molecule has 1 amide bonds. The first-order chi connectivity index (χ1) is 10.6. The Morgan fingerprint density at radius 1 is 1.41 bits per heavy atom. The van der Waals surface area contributed by atoms with Crippen molar-refractivity contribution in [1.82, 2.24) is 20.3 Å². The number of hydrogen-bond donors (Lipinski definition) is 1. The van der Waals surface area contributed by atoms with Gasteiger partial charge in [-0.25, -0.2) is 4.68 Å². The highest BCUT2D eigenvalue weighted by Crippen LogP contribution is 2.18. The van der Waals surface area contributed by atoms with E-state index in [2.05, 4.69) is 15.6 Å². The van der Waals surface area contributed by atoms with Gasteiger partial charge >= 0.3 is 0 Å². The maximum absolute atomic E-state index is 12.2. The van der Waals surface area contributed by atoms with Gasteiger partial charge < -0.3 is 14.8 Å². The van der Waals surface area contributed by atoms with Gasteiger partial charge in [-0.1, -0.05) is 11.3 Å². The van der Waals surface area contributed by atoms with E-state index in [1.807, 2.05) is 31.2 Å². The van der Waals surface area contributed by atoms with Gasteiger partial charge in [0.25, 0.3) is 5.91 Å². The first kappa shape index (κ1) is 16.0. The minimum atomic E-state index is -0.267. The molecule has 1 aromatic heterocycles. The molecule has 2 rings (SSSR count). The minimum absolute atomic E-state index is 0.0983. The number of carbonyl (C=O) groups is 1. The molecular weight excluding hydrogens is 284 g/mol. The van der Waals surface area contributed by atoms with Crippen molar-refractivity contribution >= 4 is 5.91 Å². The second kappa shape index (κ2) is 7.04. The molecule has 1 unspecified atom stereocenters. The molecule has 0 fully saturated rings. The lowest BCUT2D eigenvalue weighted by atomic mass is 10.2. The van der Waals surface area contributed by atoms with Gasteiger partial charge in [0.15, 0.2) is 5.69 Å². The average Bonchev–Trinajstić information content (AvgIpc) is 2.89. The summed E-state index contributed by atoms with van der Waals surface area (Å²) < 4.78 is 11.8. The highest BCUT2D eigenvalue weighted by Gasteiger charge is 2.19. The summed E-state index contributed by atoms with van der Waals surface area (Å²) in [5.41, 5.74) is 1.74. The Labute approximate surface area is 129 Å². The van der Waals surface area contributed by atoms with Crippen LogP contribution in [0.2, 0.25) is 0 Å². The van der Waals surface area contributed by atoms with Crippen LogP contribution in [-0.2, 0) is 4.74 Å². The molecule has 0 aliphatic carbocycles. The zero-order valence-electron chi connectivity index (χ0n) is 13.2. The number of ether oxygens (including phenoxy) is 2. The van der Waals surface area contributed by atoms with Crippen LogP contribution in [0.5, 0.6) is 5.75 Å². The zero-order chi connectivity index (χ0) is 16.1. The largest absolute Gasteiger partial charge is 0.497 e. The number of rotatable bonds is 6. The summed E-state index contributed by atoms with van der Waals surface area (Å²) in [6, 6.07) is 7.31. The van der Waals surface area contributed by atoms with Crippen molar-refractivity contribution in [1.29, 1.82) is 0 Å². The molecule has 118 valence electrons. The molecule has 2 aromatic rings. The Bertz CT molecular complexity index is 654. The summed E-state index contributed by atoms with van der Waals surface area (Å²) in [6.45, 7) is 4.10. The van der Waals surface area contributed by atoms with Crippen molar-refractivity contribution in [3.63, 3.8) is 0 Å². The van der Waals surface area contributed by atoms with Gasteiger partial charge in [-0.2, -0.15) is 0 Å². The second-order valence-electron chi connectivity index (χ2n) is 4.97. The number of nitrogens with one attached hydrogen (secondary N) is 1. The highest BCUT2D eigenvalue weighted by atomic mass is 16.5. The number of amides is 1. The van der Waals surface area contributed by atoms with E-state index in [1.54, 1.807) is 25.8 Å². The fourth-order valence-electron chi connectivity index (χ4n) is 2.11. The number of carbonyl (C=O) groups excluding carboxylic acids is 1. The van der Waals surface area contributed by atoms with Crippen molar-refractivity contribution in [2.24, 2.45) is 0 Å². The SMILES string of the molecule is COCC(C)NC(=O)c1nnn(-c2cccc(OC)c2)c1C. The number of nitrogens with zero attached hydrogens (tertiary/aromatic N) is 3. The first-order valence-electron chi connectivity index (χ1n) is 6.93. The van der Waals surface area contributed by atoms with E-state index in [9.17, 15) is 4.79 Å². The molecule has 1 atom stereocenters. The van der Waals surface area contributed by atoms with E-state index in [4.69, 9.17) is 9.47 Å². The Hall–Kier alpha value is -2.41. The van der Waals surface area contributed by atoms with Crippen LogP contribution in [0.25, 0.3) is 5.69 Å². The number of aromatic nitrogens is 3. The third kappa shape index (κ3) is 3.43. The molecule has 0 aliphatic rings. The molecule has 0 spiro atoms. The van der Waals surface area contributed by atoms with Gasteiger partial charge in [0, 0.05) is 19.2 Å². The average molecular weight is 304 g/mol. The Morgan fingerprint density at radius 3 is 2.86 bits per heavy atom. The summed E-state index contributed by atoms with van der Waals surface area (Å²) >= 11 is 0. The van der Waals surface area contributed by atoms with Crippen LogP contribution in [0, 0.1) is 6.92 Å². The third-order valence-electron chi connectivity index (χ3n) is 3.20. The quantitative estimate of drug-likeness (QED) is 0.871. The Kier molecular flexibility index (Phi) is 5.11. The van der Waals surface area contributed by atoms with Crippen LogP contribution in [0.3, 0.4) is 0 Å². The summed E-state index contributed by atoms with van der Waals surface area (Å²) in [7, 11) is 3.19. The summed E-state index contributed by atoms with van der Waals surface area (Å²) in [5, 5.41) is 10.9. The minimum Gasteiger partial charge on any atom is -0.497 e. The van der Waals surface area contributed by atoms with Crippen molar-refractivity contribution in [2.75, 3.05) is 20.8 Å². The predicted octanol–water partition coefficient (Wildman–Crippen LogP) is 1.35. The molecule has 0 aliphatic heterocycles. The van der Waals surface area contributed by atoms with Gasteiger partial charge in [-0.15, -0.1) is 5.10 Å². The van der Waals surface area contributed by atoms with Crippen molar-refractivity contribution < 1.29 is 14.3 Å². The molecule has 0 saturated carbocycles.